The molecule has 0 aromatic heterocycles. The average Bonchev–Trinajstić information content (AvgIpc) is 2.08. The molecule has 1 fully saturated rings. The average molecular weight is 224 g/mol. The van der Waals surface area contributed by atoms with Gasteiger partial charge in [-0.05, 0) is 13.8 Å². The minimum Gasteiger partial charge on any atom is -0.343 e. The van der Waals surface area contributed by atoms with Crippen LogP contribution in [0.25, 0.3) is 0 Å². The predicted octanol–water partition coefficient (Wildman–Crippen LogP) is 0.284. The summed E-state index contributed by atoms with van der Waals surface area (Å²) in [6.45, 7) is 1.24. The quantitative estimate of drug-likeness (QED) is 0.695. The van der Waals surface area contributed by atoms with Gasteiger partial charge >= 0.3 is 6.18 Å². The molecule has 4 nitrogen and oxygen atoms in total. The SMILES string of the molecule is CC1NC(=O)C(C)N(CC(F)(F)F)C1=O. The van der Waals surface area contributed by atoms with Crippen molar-refractivity contribution in [2.24, 2.45) is 0 Å². The number of hydrogen-bond donors (Lipinski definition) is 1. The van der Waals surface area contributed by atoms with E-state index in [4.69, 9.17) is 0 Å². The molecular formula is C8H11F3N2O2. The Morgan fingerprint density at radius 3 is 2.33 bits per heavy atom. The van der Waals surface area contributed by atoms with Gasteiger partial charge in [-0.15, -0.1) is 0 Å². The van der Waals surface area contributed by atoms with Crippen LogP contribution in [0.4, 0.5) is 13.2 Å². The smallest absolute Gasteiger partial charge is 0.343 e. The van der Waals surface area contributed by atoms with Gasteiger partial charge in [-0.25, -0.2) is 0 Å². The summed E-state index contributed by atoms with van der Waals surface area (Å²) in [6.07, 6.45) is -4.48. The molecule has 15 heavy (non-hydrogen) atoms. The first kappa shape index (κ1) is 11.8. The third kappa shape index (κ3) is 2.60. The van der Waals surface area contributed by atoms with Gasteiger partial charge in [0.05, 0.1) is 0 Å². The van der Waals surface area contributed by atoms with Crippen LogP contribution in [0.15, 0.2) is 0 Å². The minimum atomic E-state index is -4.48. The first-order valence-corrected chi connectivity index (χ1v) is 4.40. The highest BCUT2D eigenvalue weighted by Crippen LogP contribution is 2.20. The Morgan fingerprint density at radius 1 is 1.33 bits per heavy atom. The first-order chi connectivity index (χ1) is 6.72. The first-order valence-electron chi connectivity index (χ1n) is 4.40. The third-order valence-electron chi connectivity index (χ3n) is 2.21. The van der Waals surface area contributed by atoms with Crippen molar-refractivity contribution >= 4 is 11.8 Å². The van der Waals surface area contributed by atoms with Crippen LogP contribution in [0.3, 0.4) is 0 Å². The molecule has 0 aliphatic carbocycles. The van der Waals surface area contributed by atoms with Crippen LogP contribution >= 0.6 is 0 Å². The lowest BCUT2D eigenvalue weighted by Crippen LogP contribution is -2.62. The number of carbonyl (C=O) groups excluding carboxylic acids is 2. The Balaban J connectivity index is 2.83. The summed E-state index contributed by atoms with van der Waals surface area (Å²) < 4.78 is 36.3. The zero-order chi connectivity index (χ0) is 11.8. The van der Waals surface area contributed by atoms with Gasteiger partial charge in [0.2, 0.25) is 11.8 Å². The highest BCUT2D eigenvalue weighted by atomic mass is 19.4. The molecule has 0 bridgehead atoms. The fourth-order valence-corrected chi connectivity index (χ4v) is 1.38. The molecule has 86 valence electrons. The lowest BCUT2D eigenvalue weighted by Gasteiger charge is -2.36. The number of alkyl halides is 3. The molecule has 2 unspecified atom stereocenters. The van der Waals surface area contributed by atoms with E-state index < -0.39 is 36.6 Å². The summed E-state index contributed by atoms with van der Waals surface area (Å²) in [6, 6.07) is -1.97. The highest BCUT2D eigenvalue weighted by molar-refractivity contribution is 5.96. The number of amides is 2. The molecule has 1 heterocycles. The molecule has 1 saturated heterocycles. The summed E-state index contributed by atoms with van der Waals surface area (Å²) in [4.78, 5) is 23.1. The molecule has 7 heteroatoms. The van der Waals surface area contributed by atoms with Crippen molar-refractivity contribution in [2.75, 3.05) is 6.54 Å². The van der Waals surface area contributed by atoms with E-state index in [-0.39, 0.29) is 0 Å². The number of carbonyl (C=O) groups is 2. The van der Waals surface area contributed by atoms with E-state index >= 15 is 0 Å². The lowest BCUT2D eigenvalue weighted by atomic mass is 10.1. The highest BCUT2D eigenvalue weighted by Gasteiger charge is 2.42. The number of nitrogens with zero attached hydrogens (tertiary/aromatic N) is 1. The fraction of sp³-hybridized carbons (Fsp3) is 0.750. The number of piperazine rings is 1. The monoisotopic (exact) mass is 224 g/mol. The van der Waals surface area contributed by atoms with Crippen molar-refractivity contribution in [3.05, 3.63) is 0 Å². The maximum atomic E-state index is 12.1. The predicted molar refractivity (Wildman–Crippen MR) is 44.8 cm³/mol. The topological polar surface area (TPSA) is 49.4 Å². The Labute approximate surface area is 84.4 Å². The zero-order valence-corrected chi connectivity index (χ0v) is 8.26. The van der Waals surface area contributed by atoms with Gasteiger partial charge in [-0.1, -0.05) is 0 Å². The van der Waals surface area contributed by atoms with Crippen LogP contribution in [0, 0.1) is 0 Å². The van der Waals surface area contributed by atoms with Crippen LogP contribution < -0.4 is 5.32 Å². The second kappa shape index (κ2) is 3.71. The fourth-order valence-electron chi connectivity index (χ4n) is 1.38. The van der Waals surface area contributed by atoms with Crippen LogP contribution in [0.5, 0.6) is 0 Å². The van der Waals surface area contributed by atoms with Crippen molar-refractivity contribution in [3.8, 4) is 0 Å². The number of halogens is 3. The van der Waals surface area contributed by atoms with E-state index in [1.807, 2.05) is 0 Å². The Bertz CT molecular complexity index is 290. The molecule has 0 aromatic carbocycles. The minimum absolute atomic E-state index is 0.545. The van der Waals surface area contributed by atoms with Gasteiger partial charge < -0.3 is 10.2 Å². The molecule has 0 radical (unpaired) electrons. The van der Waals surface area contributed by atoms with Crippen molar-refractivity contribution < 1.29 is 22.8 Å². The number of rotatable bonds is 1. The van der Waals surface area contributed by atoms with E-state index in [1.54, 1.807) is 0 Å². The molecule has 1 aliphatic rings. The molecule has 2 atom stereocenters. The van der Waals surface area contributed by atoms with E-state index in [2.05, 4.69) is 5.32 Å². The molecule has 1 rings (SSSR count). The molecule has 0 aromatic rings. The maximum Gasteiger partial charge on any atom is 0.406 e. The van der Waals surface area contributed by atoms with E-state index in [0.29, 0.717) is 4.90 Å². The van der Waals surface area contributed by atoms with Crippen LogP contribution in [0.1, 0.15) is 13.8 Å². The third-order valence-corrected chi connectivity index (χ3v) is 2.21. The number of hydrogen-bond acceptors (Lipinski definition) is 2. The molecular weight excluding hydrogens is 213 g/mol. The number of nitrogens with one attached hydrogen (secondary N) is 1. The van der Waals surface area contributed by atoms with Crippen molar-refractivity contribution in [3.63, 3.8) is 0 Å². The van der Waals surface area contributed by atoms with Crippen molar-refractivity contribution in [1.29, 1.82) is 0 Å². The molecule has 0 saturated carbocycles. The van der Waals surface area contributed by atoms with Gasteiger partial charge in [0.15, 0.2) is 0 Å². The van der Waals surface area contributed by atoms with E-state index in [9.17, 15) is 22.8 Å². The van der Waals surface area contributed by atoms with Crippen LogP contribution in [0.2, 0.25) is 0 Å². The summed E-state index contributed by atoms with van der Waals surface area (Å²) in [5, 5.41) is 2.30. The van der Waals surface area contributed by atoms with Crippen molar-refractivity contribution in [1.82, 2.24) is 10.2 Å². The Morgan fingerprint density at radius 2 is 1.87 bits per heavy atom. The molecule has 0 spiro atoms. The zero-order valence-electron chi connectivity index (χ0n) is 8.26. The summed E-state index contributed by atoms with van der Waals surface area (Å²) in [5.74, 6) is -1.27. The maximum absolute atomic E-state index is 12.1. The molecule has 1 aliphatic heterocycles. The van der Waals surface area contributed by atoms with E-state index in [1.165, 1.54) is 13.8 Å². The van der Waals surface area contributed by atoms with Crippen LogP contribution in [-0.2, 0) is 9.59 Å². The Kier molecular flexibility index (Phi) is 2.92. The molecule has 1 N–H and O–H groups in total. The lowest BCUT2D eigenvalue weighted by molar-refractivity contribution is -0.172. The van der Waals surface area contributed by atoms with Gasteiger partial charge in [-0.3, -0.25) is 9.59 Å². The second-order valence-electron chi connectivity index (χ2n) is 3.49. The largest absolute Gasteiger partial charge is 0.406 e. The van der Waals surface area contributed by atoms with E-state index in [0.717, 1.165) is 0 Å². The van der Waals surface area contributed by atoms with Crippen LogP contribution in [-0.4, -0.2) is 41.5 Å². The normalized spacial score (nSPS) is 27.9. The standard InChI is InChI=1S/C8H11F3N2O2/c1-4-7(15)13(3-8(9,10)11)5(2)6(14)12-4/h4-5H,3H2,1-2H3,(H,12,14). The van der Waals surface area contributed by atoms with Gasteiger partial charge in [0.25, 0.3) is 0 Å². The second-order valence-corrected chi connectivity index (χ2v) is 3.49. The van der Waals surface area contributed by atoms with Crippen molar-refractivity contribution in [2.45, 2.75) is 32.1 Å². The molecule has 2 amide bonds. The summed E-state index contributed by atoms with van der Waals surface area (Å²) in [5.41, 5.74) is 0. The summed E-state index contributed by atoms with van der Waals surface area (Å²) >= 11 is 0. The Hall–Kier alpha value is -1.27. The summed E-state index contributed by atoms with van der Waals surface area (Å²) in [7, 11) is 0. The van der Waals surface area contributed by atoms with Gasteiger partial charge in [0.1, 0.15) is 18.6 Å². The van der Waals surface area contributed by atoms with Gasteiger partial charge in [-0.2, -0.15) is 13.2 Å². The van der Waals surface area contributed by atoms with Gasteiger partial charge in [0, 0.05) is 0 Å².